The van der Waals surface area contributed by atoms with E-state index in [1.807, 2.05) is 0 Å². The predicted molar refractivity (Wildman–Crippen MR) is 92.0 cm³/mol. The number of halogens is 1. The van der Waals surface area contributed by atoms with Crippen LogP contribution in [0.15, 0.2) is 24.3 Å². The van der Waals surface area contributed by atoms with Gasteiger partial charge in [-0.3, -0.25) is 9.59 Å². The first-order valence-corrected chi connectivity index (χ1v) is 8.76. The third kappa shape index (κ3) is 3.63. The molecule has 0 bridgehead atoms. The number of hydrogen-bond acceptors (Lipinski definition) is 4. The number of hydrogen-bond donors (Lipinski definition) is 0. The van der Waals surface area contributed by atoms with Crippen molar-refractivity contribution < 1.29 is 23.5 Å². The highest BCUT2D eigenvalue weighted by atomic mass is 19.1. The van der Waals surface area contributed by atoms with Gasteiger partial charge in [-0.05, 0) is 19.1 Å². The lowest BCUT2D eigenvalue weighted by Crippen LogP contribution is -2.52. The van der Waals surface area contributed by atoms with E-state index in [0.29, 0.717) is 32.8 Å². The summed E-state index contributed by atoms with van der Waals surface area (Å²) in [4.78, 5) is 41.3. The molecule has 0 radical (unpaired) electrons. The molecule has 0 aliphatic carbocycles. The van der Waals surface area contributed by atoms with Crippen molar-refractivity contribution in [3.05, 3.63) is 30.1 Å². The zero-order valence-electron chi connectivity index (χ0n) is 14.7. The van der Waals surface area contributed by atoms with Crippen molar-refractivity contribution in [2.45, 2.75) is 13.3 Å². The lowest BCUT2D eigenvalue weighted by atomic mass is 10.1. The van der Waals surface area contributed by atoms with E-state index >= 15 is 0 Å². The molecule has 140 valence electrons. The van der Waals surface area contributed by atoms with Gasteiger partial charge in [0, 0.05) is 39.1 Å². The van der Waals surface area contributed by atoms with Gasteiger partial charge < -0.3 is 19.4 Å². The van der Waals surface area contributed by atoms with Gasteiger partial charge >= 0.3 is 6.09 Å². The molecule has 1 aromatic carbocycles. The maximum Gasteiger partial charge on any atom is 0.409 e. The molecule has 1 atom stereocenters. The molecule has 0 unspecified atom stereocenters. The topological polar surface area (TPSA) is 70.2 Å². The van der Waals surface area contributed by atoms with Crippen molar-refractivity contribution in [3.8, 4) is 0 Å². The smallest absolute Gasteiger partial charge is 0.409 e. The first-order valence-electron chi connectivity index (χ1n) is 8.76. The average molecular weight is 363 g/mol. The lowest BCUT2D eigenvalue weighted by molar-refractivity contribution is -0.137. The van der Waals surface area contributed by atoms with Gasteiger partial charge in [0.15, 0.2) is 0 Å². The Hall–Kier alpha value is -2.64. The van der Waals surface area contributed by atoms with Gasteiger partial charge in [-0.25, -0.2) is 9.18 Å². The van der Waals surface area contributed by atoms with Crippen LogP contribution in [0.1, 0.15) is 13.3 Å². The Kier molecular flexibility index (Phi) is 5.39. The van der Waals surface area contributed by atoms with Crippen molar-refractivity contribution in [1.82, 2.24) is 9.80 Å². The second kappa shape index (κ2) is 7.72. The minimum absolute atomic E-state index is 0.0747. The Morgan fingerprint density at radius 1 is 1.15 bits per heavy atom. The van der Waals surface area contributed by atoms with Crippen molar-refractivity contribution in [3.63, 3.8) is 0 Å². The van der Waals surface area contributed by atoms with Gasteiger partial charge in [-0.15, -0.1) is 0 Å². The second-order valence-corrected chi connectivity index (χ2v) is 6.37. The Labute approximate surface area is 151 Å². The van der Waals surface area contributed by atoms with E-state index in [4.69, 9.17) is 4.74 Å². The maximum atomic E-state index is 13.9. The molecule has 3 rings (SSSR count). The maximum absolute atomic E-state index is 13.9. The average Bonchev–Trinajstić information content (AvgIpc) is 3.03. The van der Waals surface area contributed by atoms with E-state index in [2.05, 4.69) is 0 Å². The summed E-state index contributed by atoms with van der Waals surface area (Å²) in [5, 5.41) is 0. The van der Waals surface area contributed by atoms with Crippen molar-refractivity contribution in [2.75, 3.05) is 44.2 Å². The number of rotatable bonds is 3. The SMILES string of the molecule is CCOC(=O)N1CCN(C(=O)[C@@H]2CC(=O)N(c3ccccc3F)C2)CC1. The number of ether oxygens (including phenoxy) is 1. The number of benzene rings is 1. The van der Waals surface area contributed by atoms with E-state index in [1.165, 1.54) is 17.0 Å². The molecule has 0 spiro atoms. The highest BCUT2D eigenvalue weighted by Crippen LogP contribution is 2.28. The van der Waals surface area contributed by atoms with E-state index in [0.717, 1.165) is 0 Å². The van der Waals surface area contributed by atoms with Gasteiger partial charge in [0.2, 0.25) is 11.8 Å². The molecule has 2 aliphatic rings. The third-order valence-corrected chi connectivity index (χ3v) is 4.73. The van der Waals surface area contributed by atoms with Gasteiger partial charge in [0.05, 0.1) is 18.2 Å². The molecule has 2 saturated heterocycles. The molecule has 26 heavy (non-hydrogen) atoms. The number of nitrogens with zero attached hydrogens (tertiary/aromatic N) is 3. The first kappa shape index (κ1) is 18.2. The number of carbonyl (C=O) groups is 3. The van der Waals surface area contributed by atoms with Crippen LogP contribution in [0.25, 0.3) is 0 Å². The molecule has 0 aromatic heterocycles. The molecule has 0 saturated carbocycles. The number of carbonyl (C=O) groups excluding carboxylic acids is 3. The summed E-state index contributed by atoms with van der Waals surface area (Å²) >= 11 is 0. The van der Waals surface area contributed by atoms with E-state index in [1.54, 1.807) is 28.9 Å². The van der Waals surface area contributed by atoms with E-state index in [9.17, 15) is 18.8 Å². The highest BCUT2D eigenvalue weighted by molar-refractivity contribution is 6.00. The lowest BCUT2D eigenvalue weighted by Gasteiger charge is -2.35. The molecule has 0 N–H and O–H groups in total. The molecular weight excluding hydrogens is 341 g/mol. The molecule has 2 heterocycles. The van der Waals surface area contributed by atoms with Crippen molar-refractivity contribution in [2.24, 2.45) is 5.92 Å². The molecule has 2 fully saturated rings. The minimum Gasteiger partial charge on any atom is -0.450 e. The number of amides is 3. The Morgan fingerprint density at radius 2 is 1.81 bits per heavy atom. The Balaban J connectivity index is 1.59. The molecule has 8 heteroatoms. The molecule has 7 nitrogen and oxygen atoms in total. The number of anilines is 1. The summed E-state index contributed by atoms with van der Waals surface area (Å²) in [6.07, 6.45) is -0.299. The third-order valence-electron chi connectivity index (χ3n) is 4.73. The summed E-state index contributed by atoms with van der Waals surface area (Å²) in [5.74, 6) is -1.34. The summed E-state index contributed by atoms with van der Waals surface area (Å²) < 4.78 is 18.9. The minimum atomic E-state index is -0.490. The van der Waals surface area contributed by atoms with Crippen LogP contribution in [0.4, 0.5) is 14.9 Å². The highest BCUT2D eigenvalue weighted by Gasteiger charge is 2.39. The van der Waals surface area contributed by atoms with Crippen LogP contribution in [0.2, 0.25) is 0 Å². The van der Waals surface area contributed by atoms with E-state index in [-0.39, 0.29) is 36.6 Å². The molecular formula is C18H22FN3O4. The number of piperazine rings is 1. The molecule has 1 aromatic rings. The van der Waals surface area contributed by atoms with Crippen LogP contribution in [-0.4, -0.2) is 67.0 Å². The normalized spacial score (nSPS) is 20.5. The van der Waals surface area contributed by atoms with Crippen molar-refractivity contribution >= 4 is 23.6 Å². The Morgan fingerprint density at radius 3 is 2.46 bits per heavy atom. The zero-order valence-corrected chi connectivity index (χ0v) is 14.7. The number of para-hydroxylation sites is 1. The second-order valence-electron chi connectivity index (χ2n) is 6.37. The van der Waals surface area contributed by atoms with Crippen LogP contribution < -0.4 is 4.90 Å². The van der Waals surface area contributed by atoms with Crippen LogP contribution >= 0.6 is 0 Å². The predicted octanol–water partition coefficient (Wildman–Crippen LogP) is 1.48. The summed E-state index contributed by atoms with van der Waals surface area (Å²) in [5.41, 5.74) is 0.208. The summed E-state index contributed by atoms with van der Waals surface area (Å²) in [6, 6.07) is 6.06. The largest absolute Gasteiger partial charge is 0.450 e. The first-order chi connectivity index (χ1) is 12.5. The molecule has 2 aliphatic heterocycles. The van der Waals surface area contributed by atoms with Crippen LogP contribution in [0.5, 0.6) is 0 Å². The summed E-state index contributed by atoms with van der Waals surface area (Å²) in [7, 11) is 0. The van der Waals surface area contributed by atoms with Crippen molar-refractivity contribution in [1.29, 1.82) is 0 Å². The fourth-order valence-electron chi connectivity index (χ4n) is 3.36. The van der Waals surface area contributed by atoms with Gasteiger partial charge in [-0.1, -0.05) is 12.1 Å². The summed E-state index contributed by atoms with van der Waals surface area (Å²) in [6.45, 7) is 3.86. The van der Waals surface area contributed by atoms with Gasteiger partial charge in [-0.2, -0.15) is 0 Å². The van der Waals surface area contributed by atoms with Gasteiger partial charge in [0.1, 0.15) is 5.82 Å². The Bertz CT molecular complexity index is 703. The zero-order chi connectivity index (χ0) is 18.7. The molecule has 3 amide bonds. The van der Waals surface area contributed by atoms with Crippen LogP contribution in [0.3, 0.4) is 0 Å². The fourth-order valence-corrected chi connectivity index (χ4v) is 3.36. The van der Waals surface area contributed by atoms with Gasteiger partial charge in [0.25, 0.3) is 0 Å². The quantitative estimate of drug-likeness (QED) is 0.816. The van der Waals surface area contributed by atoms with E-state index < -0.39 is 11.7 Å². The van der Waals surface area contributed by atoms with Crippen LogP contribution in [-0.2, 0) is 14.3 Å². The van der Waals surface area contributed by atoms with Crippen LogP contribution in [0, 0.1) is 11.7 Å². The monoisotopic (exact) mass is 363 g/mol. The standard InChI is InChI=1S/C18H22FN3O4/c1-2-26-18(25)21-9-7-20(8-10-21)17(24)13-11-16(23)22(12-13)15-6-4-3-5-14(15)19/h3-6,13H,2,7-12H2,1H3/t13-/m1/s1. The fraction of sp³-hybridized carbons (Fsp3) is 0.500.